The zero-order chi connectivity index (χ0) is 13.7. The van der Waals surface area contributed by atoms with Crippen molar-refractivity contribution in [1.82, 2.24) is 5.32 Å². The molecule has 1 aromatic carbocycles. The summed E-state index contributed by atoms with van der Waals surface area (Å²) in [6.45, 7) is 6.87. The number of para-hydroxylation sites is 1. The molecular formula is C16H25NO2. The van der Waals surface area contributed by atoms with Crippen LogP contribution < -0.4 is 10.1 Å². The smallest absolute Gasteiger partial charge is 0.124 e. The monoisotopic (exact) mass is 263 g/mol. The molecule has 0 amide bonds. The van der Waals surface area contributed by atoms with Gasteiger partial charge in [-0.2, -0.15) is 0 Å². The van der Waals surface area contributed by atoms with Gasteiger partial charge in [0, 0.05) is 18.2 Å². The van der Waals surface area contributed by atoms with E-state index in [0.717, 1.165) is 12.3 Å². The Balaban J connectivity index is 2.27. The highest BCUT2D eigenvalue weighted by Gasteiger charge is 2.40. The number of hydrogen-bond donors (Lipinski definition) is 1. The summed E-state index contributed by atoms with van der Waals surface area (Å²) < 4.78 is 11.0. The molecule has 3 heteroatoms. The minimum absolute atomic E-state index is 0.0592. The Morgan fingerprint density at radius 1 is 1.26 bits per heavy atom. The third kappa shape index (κ3) is 2.93. The average Bonchev–Trinajstić information content (AvgIpc) is 2.90. The molecule has 1 aromatic rings. The number of nitrogens with one attached hydrogen (secondary N) is 1. The van der Waals surface area contributed by atoms with Gasteiger partial charge in [0.25, 0.3) is 0 Å². The first-order valence-corrected chi connectivity index (χ1v) is 7.17. The van der Waals surface area contributed by atoms with Gasteiger partial charge in [-0.15, -0.1) is 0 Å². The lowest BCUT2D eigenvalue weighted by molar-refractivity contribution is 0.143. The van der Waals surface area contributed by atoms with E-state index in [2.05, 4.69) is 37.4 Å². The first kappa shape index (κ1) is 14.4. The van der Waals surface area contributed by atoms with Gasteiger partial charge in [-0.3, -0.25) is 0 Å². The number of rotatable bonds is 6. The number of benzene rings is 1. The molecule has 0 aromatic heterocycles. The normalized spacial score (nSPS) is 22.9. The summed E-state index contributed by atoms with van der Waals surface area (Å²) in [5, 5.41) is 3.71. The molecule has 1 saturated heterocycles. The minimum atomic E-state index is 0.0592. The quantitative estimate of drug-likeness (QED) is 0.800. The van der Waals surface area contributed by atoms with Crippen molar-refractivity contribution in [3.8, 4) is 5.75 Å². The zero-order valence-corrected chi connectivity index (χ0v) is 12.2. The summed E-state index contributed by atoms with van der Waals surface area (Å²) in [7, 11) is 1.70. The molecule has 1 atom stereocenters. The van der Waals surface area contributed by atoms with Crippen molar-refractivity contribution in [2.24, 2.45) is 5.92 Å². The first-order valence-electron chi connectivity index (χ1n) is 7.17. The van der Waals surface area contributed by atoms with Crippen LogP contribution in [0.5, 0.6) is 5.75 Å². The van der Waals surface area contributed by atoms with Crippen LogP contribution in [0.2, 0.25) is 0 Å². The standard InChI is InChI=1S/C16H25NO2/c1-13(2)16(9-6-10-17-16)14-7-4-5-8-15(14)19-12-11-18-3/h4-5,7-8,13,17H,6,9-12H2,1-3H3. The summed E-state index contributed by atoms with van der Waals surface area (Å²) in [6.07, 6.45) is 2.40. The van der Waals surface area contributed by atoms with Gasteiger partial charge in [-0.1, -0.05) is 32.0 Å². The molecule has 3 nitrogen and oxygen atoms in total. The Bertz CT molecular complexity index is 397. The van der Waals surface area contributed by atoms with Crippen LogP contribution in [0.4, 0.5) is 0 Å². The van der Waals surface area contributed by atoms with Gasteiger partial charge in [0.2, 0.25) is 0 Å². The van der Waals surface area contributed by atoms with Crippen LogP contribution in [0.3, 0.4) is 0 Å². The molecule has 1 aliphatic heterocycles. The summed E-state index contributed by atoms with van der Waals surface area (Å²) in [4.78, 5) is 0. The van der Waals surface area contributed by atoms with Crippen molar-refractivity contribution in [1.29, 1.82) is 0 Å². The van der Waals surface area contributed by atoms with E-state index in [1.165, 1.54) is 18.4 Å². The van der Waals surface area contributed by atoms with E-state index in [0.29, 0.717) is 19.1 Å². The molecule has 106 valence electrons. The summed E-state index contributed by atoms with van der Waals surface area (Å²) in [5.41, 5.74) is 1.35. The van der Waals surface area contributed by atoms with Crippen molar-refractivity contribution in [2.45, 2.75) is 32.2 Å². The topological polar surface area (TPSA) is 30.5 Å². The molecule has 0 aliphatic carbocycles. The number of hydrogen-bond acceptors (Lipinski definition) is 3. The molecule has 1 aliphatic rings. The van der Waals surface area contributed by atoms with Crippen LogP contribution >= 0.6 is 0 Å². The number of ether oxygens (including phenoxy) is 2. The van der Waals surface area contributed by atoms with Gasteiger partial charge in [0.05, 0.1) is 6.61 Å². The predicted octanol–water partition coefficient (Wildman–Crippen LogP) is 2.95. The third-order valence-corrected chi connectivity index (χ3v) is 4.09. The van der Waals surface area contributed by atoms with Crippen molar-refractivity contribution in [2.75, 3.05) is 26.9 Å². The highest BCUT2D eigenvalue weighted by molar-refractivity contribution is 5.40. The summed E-state index contributed by atoms with van der Waals surface area (Å²) >= 11 is 0. The minimum Gasteiger partial charge on any atom is -0.491 e. The molecule has 19 heavy (non-hydrogen) atoms. The van der Waals surface area contributed by atoms with Crippen LogP contribution in [0.25, 0.3) is 0 Å². The van der Waals surface area contributed by atoms with Crippen molar-refractivity contribution in [3.05, 3.63) is 29.8 Å². The summed E-state index contributed by atoms with van der Waals surface area (Å²) in [6, 6.07) is 8.40. The molecule has 0 bridgehead atoms. The van der Waals surface area contributed by atoms with E-state index < -0.39 is 0 Å². The molecular weight excluding hydrogens is 238 g/mol. The van der Waals surface area contributed by atoms with Gasteiger partial charge in [0.15, 0.2) is 0 Å². The highest BCUT2D eigenvalue weighted by Crippen LogP contribution is 2.41. The average molecular weight is 263 g/mol. The number of methoxy groups -OCH3 is 1. The molecule has 0 spiro atoms. The van der Waals surface area contributed by atoms with E-state index in [-0.39, 0.29) is 5.54 Å². The van der Waals surface area contributed by atoms with Gasteiger partial charge in [-0.25, -0.2) is 0 Å². The Kier molecular flexibility index (Phi) is 4.83. The Hall–Kier alpha value is -1.06. The van der Waals surface area contributed by atoms with Crippen LogP contribution in [0.15, 0.2) is 24.3 Å². The fourth-order valence-corrected chi connectivity index (χ4v) is 3.00. The predicted molar refractivity (Wildman–Crippen MR) is 77.6 cm³/mol. The van der Waals surface area contributed by atoms with Gasteiger partial charge >= 0.3 is 0 Å². The van der Waals surface area contributed by atoms with Crippen LogP contribution in [0.1, 0.15) is 32.3 Å². The van der Waals surface area contributed by atoms with Gasteiger partial charge < -0.3 is 14.8 Å². The Labute approximate surface area is 116 Å². The van der Waals surface area contributed by atoms with E-state index in [4.69, 9.17) is 9.47 Å². The fraction of sp³-hybridized carbons (Fsp3) is 0.625. The fourth-order valence-electron chi connectivity index (χ4n) is 3.00. The van der Waals surface area contributed by atoms with Crippen LogP contribution in [0, 0.1) is 5.92 Å². The zero-order valence-electron chi connectivity index (χ0n) is 12.2. The second-order valence-electron chi connectivity index (χ2n) is 5.49. The lowest BCUT2D eigenvalue weighted by Crippen LogP contribution is -2.42. The van der Waals surface area contributed by atoms with Crippen molar-refractivity contribution in [3.63, 3.8) is 0 Å². The highest BCUT2D eigenvalue weighted by atomic mass is 16.5. The molecule has 1 unspecified atom stereocenters. The van der Waals surface area contributed by atoms with Crippen LogP contribution in [-0.2, 0) is 10.3 Å². The second-order valence-corrected chi connectivity index (χ2v) is 5.49. The molecule has 2 rings (SSSR count). The second kappa shape index (κ2) is 6.40. The van der Waals surface area contributed by atoms with Crippen LogP contribution in [-0.4, -0.2) is 26.9 Å². The van der Waals surface area contributed by atoms with E-state index in [1.54, 1.807) is 7.11 Å². The Morgan fingerprint density at radius 2 is 2.05 bits per heavy atom. The van der Waals surface area contributed by atoms with Gasteiger partial charge in [0.1, 0.15) is 12.4 Å². The van der Waals surface area contributed by atoms with E-state index in [1.807, 2.05) is 6.07 Å². The van der Waals surface area contributed by atoms with Crippen molar-refractivity contribution >= 4 is 0 Å². The van der Waals surface area contributed by atoms with E-state index >= 15 is 0 Å². The first-order chi connectivity index (χ1) is 9.20. The SMILES string of the molecule is COCCOc1ccccc1C1(C(C)C)CCCN1. The molecule has 0 radical (unpaired) electrons. The maximum Gasteiger partial charge on any atom is 0.124 e. The van der Waals surface area contributed by atoms with Crippen molar-refractivity contribution < 1.29 is 9.47 Å². The molecule has 1 N–H and O–H groups in total. The largest absolute Gasteiger partial charge is 0.491 e. The third-order valence-electron chi connectivity index (χ3n) is 4.09. The lowest BCUT2D eigenvalue weighted by Gasteiger charge is -2.35. The molecule has 1 fully saturated rings. The van der Waals surface area contributed by atoms with Gasteiger partial charge in [-0.05, 0) is 31.4 Å². The maximum atomic E-state index is 5.90. The lowest BCUT2D eigenvalue weighted by atomic mass is 9.78. The maximum absolute atomic E-state index is 5.90. The summed E-state index contributed by atoms with van der Waals surface area (Å²) in [5.74, 6) is 1.53. The molecule has 0 saturated carbocycles. The Morgan fingerprint density at radius 3 is 2.68 bits per heavy atom. The molecule has 1 heterocycles. The van der Waals surface area contributed by atoms with E-state index in [9.17, 15) is 0 Å².